The molecule has 8 heteroatoms. The lowest BCUT2D eigenvalue weighted by Gasteiger charge is -2.08. The third kappa shape index (κ3) is 3.36. The second-order valence-corrected chi connectivity index (χ2v) is 7.34. The van der Waals surface area contributed by atoms with E-state index in [1.807, 2.05) is 37.3 Å². The normalized spacial score (nSPS) is 12.4. The predicted octanol–water partition coefficient (Wildman–Crippen LogP) is 4.48. The van der Waals surface area contributed by atoms with Gasteiger partial charge in [-0.25, -0.2) is 4.98 Å². The van der Waals surface area contributed by atoms with E-state index in [9.17, 15) is 4.79 Å². The minimum atomic E-state index is -0.162. The molecule has 1 N–H and O–H groups in total. The van der Waals surface area contributed by atoms with Gasteiger partial charge in [-0.05, 0) is 43.3 Å². The number of aromatic nitrogens is 4. The van der Waals surface area contributed by atoms with E-state index in [-0.39, 0.29) is 10.8 Å². The Kier molecular flexibility index (Phi) is 4.48. The number of thioether (sulfide) groups is 1. The van der Waals surface area contributed by atoms with Crippen LogP contribution in [0, 0.1) is 0 Å². The van der Waals surface area contributed by atoms with Crippen molar-refractivity contribution < 1.29 is 4.42 Å². The standard InChI is InChI=1S/C18H13ClN4O2S/c1-10(15-20-14-5-3-2-4-13(14)16(24)21-15)26-18-23-22-17(25-18)11-6-8-12(19)9-7-11/h2-10H,1H3,(H,20,21,24)/t10-/m1/s1. The Morgan fingerprint density at radius 1 is 1.12 bits per heavy atom. The summed E-state index contributed by atoms with van der Waals surface area (Å²) in [5.74, 6) is 0.973. The first-order valence-electron chi connectivity index (χ1n) is 7.85. The average molecular weight is 385 g/mol. The predicted molar refractivity (Wildman–Crippen MR) is 101 cm³/mol. The van der Waals surface area contributed by atoms with Crippen LogP contribution in [0.4, 0.5) is 0 Å². The maximum atomic E-state index is 12.2. The lowest BCUT2D eigenvalue weighted by Crippen LogP contribution is -2.12. The quantitative estimate of drug-likeness (QED) is 0.522. The first kappa shape index (κ1) is 16.8. The zero-order chi connectivity index (χ0) is 18.1. The Morgan fingerprint density at radius 3 is 2.69 bits per heavy atom. The van der Waals surface area contributed by atoms with Gasteiger partial charge in [0.25, 0.3) is 10.8 Å². The van der Waals surface area contributed by atoms with Gasteiger partial charge in [0.1, 0.15) is 5.82 Å². The molecule has 0 fully saturated rings. The van der Waals surface area contributed by atoms with Crippen molar-refractivity contribution in [3.8, 4) is 11.5 Å². The molecule has 2 aromatic carbocycles. The van der Waals surface area contributed by atoms with E-state index in [0.29, 0.717) is 32.9 Å². The van der Waals surface area contributed by atoms with Crippen LogP contribution in [0.25, 0.3) is 22.4 Å². The van der Waals surface area contributed by atoms with Gasteiger partial charge in [-0.2, -0.15) is 0 Å². The summed E-state index contributed by atoms with van der Waals surface area (Å²) in [6.07, 6.45) is 0. The van der Waals surface area contributed by atoms with Crippen molar-refractivity contribution in [2.24, 2.45) is 0 Å². The fourth-order valence-electron chi connectivity index (χ4n) is 2.47. The number of aromatic amines is 1. The van der Waals surface area contributed by atoms with Crippen molar-refractivity contribution in [2.45, 2.75) is 17.4 Å². The van der Waals surface area contributed by atoms with E-state index >= 15 is 0 Å². The monoisotopic (exact) mass is 384 g/mol. The van der Waals surface area contributed by atoms with Gasteiger partial charge in [0.2, 0.25) is 5.89 Å². The maximum Gasteiger partial charge on any atom is 0.277 e. The molecule has 0 spiro atoms. The fourth-order valence-corrected chi connectivity index (χ4v) is 3.34. The molecule has 4 rings (SSSR count). The molecule has 0 amide bonds. The number of fused-ring (bicyclic) bond motifs is 1. The van der Waals surface area contributed by atoms with Gasteiger partial charge < -0.3 is 9.40 Å². The number of rotatable bonds is 4. The van der Waals surface area contributed by atoms with E-state index in [0.717, 1.165) is 5.56 Å². The molecule has 0 saturated heterocycles. The third-order valence-electron chi connectivity index (χ3n) is 3.79. The van der Waals surface area contributed by atoms with Crippen LogP contribution >= 0.6 is 23.4 Å². The van der Waals surface area contributed by atoms with Crippen LogP contribution in [-0.2, 0) is 0 Å². The molecule has 0 bridgehead atoms. The van der Waals surface area contributed by atoms with Gasteiger partial charge in [0.05, 0.1) is 16.2 Å². The lowest BCUT2D eigenvalue weighted by atomic mass is 10.2. The molecule has 1 atom stereocenters. The minimum absolute atomic E-state index is 0.161. The second kappa shape index (κ2) is 6.93. The Hall–Kier alpha value is -2.64. The number of H-pyrrole nitrogens is 1. The topological polar surface area (TPSA) is 84.7 Å². The molecule has 2 aromatic heterocycles. The molecule has 6 nitrogen and oxygen atoms in total. The van der Waals surface area contributed by atoms with Gasteiger partial charge in [0, 0.05) is 10.6 Å². The second-order valence-electron chi connectivity index (χ2n) is 5.61. The van der Waals surface area contributed by atoms with Crippen LogP contribution in [0.1, 0.15) is 18.0 Å². The van der Waals surface area contributed by atoms with Gasteiger partial charge in [-0.3, -0.25) is 4.79 Å². The molecule has 0 aliphatic heterocycles. The highest BCUT2D eigenvalue weighted by Gasteiger charge is 2.17. The molecule has 2 heterocycles. The highest BCUT2D eigenvalue weighted by atomic mass is 35.5. The largest absolute Gasteiger partial charge is 0.411 e. The number of nitrogens with zero attached hydrogens (tertiary/aromatic N) is 3. The Balaban J connectivity index is 1.58. The molecular weight excluding hydrogens is 372 g/mol. The molecule has 0 radical (unpaired) electrons. The highest BCUT2D eigenvalue weighted by Crippen LogP contribution is 2.33. The van der Waals surface area contributed by atoms with Gasteiger partial charge in [-0.15, -0.1) is 10.2 Å². The summed E-state index contributed by atoms with van der Waals surface area (Å²) < 4.78 is 5.70. The highest BCUT2D eigenvalue weighted by molar-refractivity contribution is 7.99. The van der Waals surface area contributed by atoms with E-state index in [2.05, 4.69) is 20.2 Å². The first-order valence-corrected chi connectivity index (χ1v) is 9.11. The summed E-state index contributed by atoms with van der Waals surface area (Å²) in [5.41, 5.74) is 1.29. The van der Waals surface area contributed by atoms with Gasteiger partial charge in [-0.1, -0.05) is 35.5 Å². The van der Waals surface area contributed by atoms with E-state index in [1.54, 1.807) is 18.2 Å². The summed E-state index contributed by atoms with van der Waals surface area (Å²) in [7, 11) is 0. The third-order valence-corrected chi connectivity index (χ3v) is 4.99. The van der Waals surface area contributed by atoms with Crippen molar-refractivity contribution >= 4 is 34.3 Å². The van der Waals surface area contributed by atoms with Crippen LogP contribution in [0.3, 0.4) is 0 Å². The summed E-state index contributed by atoms with van der Waals surface area (Å²) in [5, 5.41) is 9.56. The zero-order valence-corrected chi connectivity index (χ0v) is 15.2. The number of hydrogen-bond acceptors (Lipinski definition) is 6. The maximum absolute atomic E-state index is 12.2. The summed E-state index contributed by atoms with van der Waals surface area (Å²) in [6, 6.07) is 14.4. The van der Waals surface area contributed by atoms with Crippen LogP contribution in [0.2, 0.25) is 5.02 Å². The molecule has 130 valence electrons. The molecule has 4 aromatic rings. The number of hydrogen-bond donors (Lipinski definition) is 1. The molecule has 26 heavy (non-hydrogen) atoms. The van der Waals surface area contributed by atoms with Crippen molar-refractivity contribution in [3.05, 3.63) is 69.7 Å². The molecule has 0 unspecified atom stereocenters. The Bertz CT molecular complexity index is 1120. The first-order chi connectivity index (χ1) is 12.6. The SMILES string of the molecule is C[C@@H](Sc1nnc(-c2ccc(Cl)cc2)o1)c1nc2ccccc2c(=O)[nH]1. The number of benzene rings is 2. The Morgan fingerprint density at radius 2 is 1.88 bits per heavy atom. The van der Waals surface area contributed by atoms with Gasteiger partial charge >= 0.3 is 0 Å². The Labute approximate surface area is 157 Å². The number of para-hydroxylation sites is 1. The lowest BCUT2D eigenvalue weighted by molar-refractivity contribution is 0.465. The van der Waals surface area contributed by atoms with Crippen LogP contribution in [0.15, 0.2) is 63.0 Å². The van der Waals surface area contributed by atoms with Crippen LogP contribution < -0.4 is 5.56 Å². The van der Waals surface area contributed by atoms with Crippen molar-refractivity contribution in [1.82, 2.24) is 20.2 Å². The molecule has 0 aliphatic rings. The molecular formula is C18H13ClN4O2S. The van der Waals surface area contributed by atoms with Crippen molar-refractivity contribution in [3.63, 3.8) is 0 Å². The minimum Gasteiger partial charge on any atom is -0.411 e. The molecule has 0 aliphatic carbocycles. The van der Waals surface area contributed by atoms with Gasteiger partial charge in [0.15, 0.2) is 0 Å². The number of nitrogens with one attached hydrogen (secondary N) is 1. The number of halogens is 1. The smallest absolute Gasteiger partial charge is 0.277 e. The fraction of sp³-hybridized carbons (Fsp3) is 0.111. The van der Waals surface area contributed by atoms with Crippen molar-refractivity contribution in [1.29, 1.82) is 0 Å². The summed E-state index contributed by atoms with van der Waals surface area (Å²) >= 11 is 7.22. The summed E-state index contributed by atoms with van der Waals surface area (Å²) in [4.78, 5) is 19.6. The van der Waals surface area contributed by atoms with Crippen molar-refractivity contribution in [2.75, 3.05) is 0 Å². The van der Waals surface area contributed by atoms with Crippen LogP contribution in [-0.4, -0.2) is 20.2 Å². The zero-order valence-electron chi connectivity index (χ0n) is 13.6. The van der Waals surface area contributed by atoms with E-state index < -0.39 is 0 Å². The summed E-state index contributed by atoms with van der Waals surface area (Å²) in [6.45, 7) is 1.92. The van der Waals surface area contributed by atoms with E-state index in [4.69, 9.17) is 16.0 Å². The molecule has 0 saturated carbocycles. The average Bonchev–Trinajstić information content (AvgIpc) is 3.10. The van der Waals surface area contributed by atoms with Crippen LogP contribution in [0.5, 0.6) is 0 Å². The van der Waals surface area contributed by atoms with E-state index in [1.165, 1.54) is 11.8 Å².